The quantitative estimate of drug-likeness (QED) is 0.897. The van der Waals surface area contributed by atoms with Gasteiger partial charge in [-0.1, -0.05) is 0 Å². The van der Waals surface area contributed by atoms with Crippen LogP contribution in [-0.2, 0) is 6.42 Å². The van der Waals surface area contributed by atoms with Crippen LogP contribution in [0.15, 0.2) is 22.8 Å². The molecule has 0 saturated heterocycles. The van der Waals surface area contributed by atoms with E-state index in [4.69, 9.17) is 10.2 Å². The van der Waals surface area contributed by atoms with E-state index >= 15 is 0 Å². The molecule has 0 radical (unpaired) electrons. The van der Waals surface area contributed by atoms with Crippen molar-refractivity contribution >= 4 is 0 Å². The maximum atomic E-state index is 6.17. The summed E-state index contributed by atoms with van der Waals surface area (Å²) in [5, 5.41) is 0. The fourth-order valence-electron chi connectivity index (χ4n) is 5.90. The molecule has 4 fully saturated rings. The highest BCUT2D eigenvalue weighted by atomic mass is 16.3. The smallest absolute Gasteiger partial charge is 0.104 e. The topological polar surface area (TPSA) is 39.2 Å². The van der Waals surface area contributed by atoms with Crippen LogP contribution in [0.3, 0.4) is 0 Å². The first-order valence-electron chi connectivity index (χ1n) is 8.00. The third-order valence-corrected chi connectivity index (χ3v) is 6.26. The summed E-state index contributed by atoms with van der Waals surface area (Å²) in [6.07, 6.45) is 11.7. The Morgan fingerprint density at radius 1 is 1.16 bits per heavy atom. The molecule has 4 bridgehead atoms. The summed E-state index contributed by atoms with van der Waals surface area (Å²) in [6, 6.07) is 4.12. The van der Waals surface area contributed by atoms with Gasteiger partial charge in [-0.2, -0.15) is 0 Å². The van der Waals surface area contributed by atoms with Gasteiger partial charge < -0.3 is 10.2 Å². The predicted molar refractivity (Wildman–Crippen MR) is 75.6 cm³/mol. The second-order valence-electron chi connectivity index (χ2n) is 7.50. The zero-order valence-corrected chi connectivity index (χ0v) is 11.7. The van der Waals surface area contributed by atoms with Gasteiger partial charge in [0, 0.05) is 6.42 Å². The first-order valence-corrected chi connectivity index (χ1v) is 8.00. The monoisotopic (exact) mass is 259 g/mol. The average molecular weight is 259 g/mol. The van der Waals surface area contributed by atoms with Crippen molar-refractivity contribution in [1.29, 1.82) is 0 Å². The van der Waals surface area contributed by atoms with Gasteiger partial charge in [0.2, 0.25) is 0 Å². The van der Waals surface area contributed by atoms with Crippen LogP contribution in [0, 0.1) is 29.1 Å². The SMILES string of the molecule is NCC(Cc1ccco1)C12CC3CC(CC(C3)C1)C2. The molecule has 5 rings (SSSR count). The van der Waals surface area contributed by atoms with Gasteiger partial charge in [-0.05, 0) is 86.3 Å². The molecule has 0 amide bonds. The largest absolute Gasteiger partial charge is 0.469 e. The molecule has 0 aromatic carbocycles. The normalized spacial score (nSPS) is 41.6. The van der Waals surface area contributed by atoms with E-state index in [1.54, 1.807) is 6.26 Å². The maximum absolute atomic E-state index is 6.17. The zero-order valence-electron chi connectivity index (χ0n) is 11.7. The van der Waals surface area contributed by atoms with Gasteiger partial charge in [0.15, 0.2) is 0 Å². The van der Waals surface area contributed by atoms with Gasteiger partial charge in [0.1, 0.15) is 5.76 Å². The molecule has 0 aliphatic heterocycles. The van der Waals surface area contributed by atoms with Crippen molar-refractivity contribution in [3.63, 3.8) is 0 Å². The standard InChI is InChI=1S/C17H25NO/c18-11-15(7-16-2-1-3-19-16)17-8-12-4-13(9-17)6-14(5-12)10-17/h1-3,12-15H,4-11,18H2. The summed E-state index contributed by atoms with van der Waals surface area (Å²) in [5.41, 5.74) is 6.72. The van der Waals surface area contributed by atoms with Crippen LogP contribution in [-0.4, -0.2) is 6.54 Å². The summed E-state index contributed by atoms with van der Waals surface area (Å²) in [7, 11) is 0. The second kappa shape index (κ2) is 4.37. The highest BCUT2D eigenvalue weighted by Gasteiger charge is 2.53. The van der Waals surface area contributed by atoms with Crippen molar-refractivity contribution in [3.05, 3.63) is 24.2 Å². The summed E-state index contributed by atoms with van der Waals surface area (Å²) >= 11 is 0. The molecule has 1 aromatic rings. The molecule has 1 atom stereocenters. The number of nitrogens with two attached hydrogens (primary N) is 1. The minimum absolute atomic E-state index is 0.552. The lowest BCUT2D eigenvalue weighted by molar-refractivity contribution is -0.0858. The van der Waals surface area contributed by atoms with Crippen LogP contribution in [0.4, 0.5) is 0 Å². The minimum atomic E-state index is 0.552. The highest BCUT2D eigenvalue weighted by molar-refractivity contribution is 5.08. The van der Waals surface area contributed by atoms with E-state index in [1.807, 2.05) is 6.07 Å². The summed E-state index contributed by atoms with van der Waals surface area (Å²) in [6.45, 7) is 0.826. The van der Waals surface area contributed by atoms with Gasteiger partial charge in [-0.15, -0.1) is 0 Å². The summed E-state index contributed by atoms with van der Waals surface area (Å²) in [4.78, 5) is 0. The Kier molecular flexibility index (Phi) is 2.77. The van der Waals surface area contributed by atoms with Crippen molar-refractivity contribution in [1.82, 2.24) is 0 Å². The maximum Gasteiger partial charge on any atom is 0.104 e. The third kappa shape index (κ3) is 1.96. The molecule has 19 heavy (non-hydrogen) atoms. The molecule has 2 heteroatoms. The Morgan fingerprint density at radius 2 is 1.79 bits per heavy atom. The van der Waals surface area contributed by atoms with Gasteiger partial charge in [0.05, 0.1) is 6.26 Å². The number of rotatable bonds is 4. The van der Waals surface area contributed by atoms with Crippen molar-refractivity contribution in [2.24, 2.45) is 34.8 Å². The summed E-state index contributed by atoms with van der Waals surface area (Å²) in [5.74, 6) is 4.80. The lowest BCUT2D eigenvalue weighted by Crippen LogP contribution is -2.51. The highest BCUT2D eigenvalue weighted by Crippen LogP contribution is 2.62. The van der Waals surface area contributed by atoms with Gasteiger partial charge in [0.25, 0.3) is 0 Å². The molecule has 2 N–H and O–H groups in total. The van der Waals surface area contributed by atoms with E-state index in [0.717, 1.165) is 36.5 Å². The molecule has 1 heterocycles. The Balaban J connectivity index is 1.58. The molecule has 4 saturated carbocycles. The fourth-order valence-corrected chi connectivity index (χ4v) is 5.90. The third-order valence-electron chi connectivity index (χ3n) is 6.26. The van der Waals surface area contributed by atoms with Crippen LogP contribution in [0.2, 0.25) is 0 Å². The van der Waals surface area contributed by atoms with E-state index in [9.17, 15) is 0 Å². The average Bonchev–Trinajstić information content (AvgIpc) is 2.87. The first-order chi connectivity index (χ1) is 9.27. The fraction of sp³-hybridized carbons (Fsp3) is 0.765. The van der Waals surface area contributed by atoms with Crippen LogP contribution < -0.4 is 5.73 Å². The van der Waals surface area contributed by atoms with E-state index in [-0.39, 0.29) is 0 Å². The van der Waals surface area contributed by atoms with Gasteiger partial charge in [-0.3, -0.25) is 0 Å². The number of hydrogen-bond acceptors (Lipinski definition) is 2. The van der Waals surface area contributed by atoms with E-state index < -0.39 is 0 Å². The van der Waals surface area contributed by atoms with E-state index in [2.05, 4.69) is 6.07 Å². The van der Waals surface area contributed by atoms with Crippen LogP contribution >= 0.6 is 0 Å². The molecular weight excluding hydrogens is 234 g/mol. The molecule has 0 spiro atoms. The summed E-state index contributed by atoms with van der Waals surface area (Å²) < 4.78 is 5.57. The second-order valence-corrected chi connectivity index (χ2v) is 7.50. The minimum Gasteiger partial charge on any atom is -0.469 e. The number of hydrogen-bond donors (Lipinski definition) is 1. The molecule has 1 unspecified atom stereocenters. The van der Waals surface area contributed by atoms with Gasteiger partial charge >= 0.3 is 0 Å². The molecule has 2 nitrogen and oxygen atoms in total. The Bertz CT molecular complexity index is 401. The van der Waals surface area contributed by atoms with Crippen molar-refractivity contribution in [2.75, 3.05) is 6.54 Å². The van der Waals surface area contributed by atoms with Crippen LogP contribution in [0.1, 0.15) is 44.3 Å². The number of furan rings is 1. The lowest BCUT2D eigenvalue weighted by Gasteiger charge is -2.59. The van der Waals surface area contributed by atoms with E-state index in [0.29, 0.717) is 11.3 Å². The molecule has 4 aliphatic rings. The Labute approximate surface area is 115 Å². The predicted octanol–water partition coefficient (Wildman–Crippen LogP) is 3.61. The lowest BCUT2D eigenvalue weighted by atomic mass is 9.46. The molecule has 1 aromatic heterocycles. The van der Waals surface area contributed by atoms with Crippen molar-refractivity contribution in [2.45, 2.75) is 44.9 Å². The van der Waals surface area contributed by atoms with Crippen molar-refractivity contribution < 1.29 is 4.42 Å². The van der Waals surface area contributed by atoms with Crippen molar-refractivity contribution in [3.8, 4) is 0 Å². The zero-order chi connectivity index (χ0) is 12.9. The van der Waals surface area contributed by atoms with Crippen LogP contribution in [0.25, 0.3) is 0 Å². The molecule has 104 valence electrons. The Hall–Kier alpha value is -0.760. The molecular formula is C17H25NO. The van der Waals surface area contributed by atoms with Crippen LogP contribution in [0.5, 0.6) is 0 Å². The van der Waals surface area contributed by atoms with E-state index in [1.165, 1.54) is 38.5 Å². The first kappa shape index (κ1) is 12.0. The molecule has 4 aliphatic carbocycles. The van der Waals surface area contributed by atoms with Gasteiger partial charge in [-0.25, -0.2) is 0 Å². The Morgan fingerprint density at radius 3 is 2.26 bits per heavy atom.